The lowest BCUT2D eigenvalue weighted by molar-refractivity contribution is 0.0596. The van der Waals surface area contributed by atoms with E-state index in [0.29, 0.717) is 5.89 Å². The molecule has 1 aromatic rings. The average molecular weight is 151 g/mol. The standard InChI is InChI=1S/C6H6BNO3/c1-3-8-4(5(7)11-3)6(9)10-2/h1-2H3. The van der Waals surface area contributed by atoms with E-state index in [-0.39, 0.29) is 11.4 Å². The summed E-state index contributed by atoms with van der Waals surface area (Å²) in [5, 5.41) is 0. The molecule has 0 aliphatic rings. The molecule has 1 rings (SSSR count). The molecular formula is C6H6BNO3. The van der Waals surface area contributed by atoms with E-state index in [2.05, 4.69) is 9.72 Å². The predicted octanol–water partition coefficient (Wildman–Crippen LogP) is -0.437. The van der Waals surface area contributed by atoms with E-state index in [0.717, 1.165) is 0 Å². The van der Waals surface area contributed by atoms with Crippen LogP contribution >= 0.6 is 0 Å². The fourth-order valence-corrected chi connectivity index (χ4v) is 0.686. The van der Waals surface area contributed by atoms with Crippen molar-refractivity contribution < 1.29 is 13.9 Å². The van der Waals surface area contributed by atoms with Crippen molar-refractivity contribution >= 4 is 19.5 Å². The van der Waals surface area contributed by atoms with Crippen molar-refractivity contribution in [1.29, 1.82) is 0 Å². The molecule has 0 atom stereocenters. The maximum absolute atomic E-state index is 10.8. The van der Waals surface area contributed by atoms with Crippen LogP contribution in [0.3, 0.4) is 0 Å². The number of carbonyl (C=O) groups is 1. The van der Waals surface area contributed by atoms with Gasteiger partial charge >= 0.3 is 5.97 Å². The molecule has 0 aliphatic heterocycles. The topological polar surface area (TPSA) is 52.3 Å². The van der Waals surface area contributed by atoms with Crippen LogP contribution in [0.25, 0.3) is 0 Å². The molecule has 0 saturated carbocycles. The summed E-state index contributed by atoms with van der Waals surface area (Å²) in [4.78, 5) is 14.5. The average Bonchev–Trinajstić information content (AvgIpc) is 2.28. The van der Waals surface area contributed by atoms with Crippen molar-refractivity contribution in [2.75, 3.05) is 7.11 Å². The second kappa shape index (κ2) is 2.78. The van der Waals surface area contributed by atoms with E-state index in [1.807, 2.05) is 0 Å². The number of ether oxygens (including phenoxy) is 1. The Bertz CT molecular complexity index is 281. The van der Waals surface area contributed by atoms with Crippen LogP contribution in [0.15, 0.2) is 4.42 Å². The Morgan fingerprint density at radius 3 is 2.73 bits per heavy atom. The molecule has 0 unspecified atom stereocenters. The second-order valence-corrected chi connectivity index (χ2v) is 1.94. The van der Waals surface area contributed by atoms with Gasteiger partial charge in [0.1, 0.15) is 0 Å². The van der Waals surface area contributed by atoms with Crippen molar-refractivity contribution in [3.05, 3.63) is 11.6 Å². The van der Waals surface area contributed by atoms with Crippen molar-refractivity contribution in [1.82, 2.24) is 4.98 Å². The minimum atomic E-state index is -0.584. The maximum Gasteiger partial charge on any atom is 0.359 e. The normalized spacial score (nSPS) is 9.64. The predicted molar refractivity (Wildman–Crippen MR) is 38.0 cm³/mol. The SMILES string of the molecule is [B]c1oc(C)nc1C(=O)OC. The van der Waals surface area contributed by atoms with Crippen LogP contribution in [0.5, 0.6) is 0 Å². The second-order valence-electron chi connectivity index (χ2n) is 1.94. The first-order valence-electron chi connectivity index (χ1n) is 2.96. The Hall–Kier alpha value is -1.26. The molecule has 0 amide bonds. The molecule has 0 spiro atoms. The third kappa shape index (κ3) is 1.42. The van der Waals surface area contributed by atoms with Gasteiger partial charge in [0.05, 0.1) is 12.8 Å². The van der Waals surface area contributed by atoms with E-state index < -0.39 is 5.97 Å². The highest BCUT2D eigenvalue weighted by atomic mass is 16.5. The Morgan fingerprint density at radius 1 is 1.73 bits per heavy atom. The van der Waals surface area contributed by atoms with Gasteiger partial charge in [0, 0.05) is 6.92 Å². The zero-order chi connectivity index (χ0) is 8.43. The number of aromatic nitrogens is 1. The number of aryl methyl sites for hydroxylation is 1. The van der Waals surface area contributed by atoms with Gasteiger partial charge in [-0.2, -0.15) is 0 Å². The quantitative estimate of drug-likeness (QED) is 0.403. The Morgan fingerprint density at radius 2 is 2.36 bits per heavy atom. The van der Waals surface area contributed by atoms with Gasteiger partial charge in [-0.15, -0.1) is 0 Å². The third-order valence-electron chi connectivity index (χ3n) is 1.14. The summed E-state index contributed by atoms with van der Waals surface area (Å²) in [6, 6.07) is 0. The summed E-state index contributed by atoms with van der Waals surface area (Å²) in [7, 11) is 6.54. The van der Waals surface area contributed by atoms with Crippen molar-refractivity contribution in [3.63, 3.8) is 0 Å². The van der Waals surface area contributed by atoms with Crippen molar-refractivity contribution in [3.8, 4) is 0 Å². The molecule has 5 heteroatoms. The lowest BCUT2D eigenvalue weighted by Crippen LogP contribution is -2.14. The zero-order valence-corrected chi connectivity index (χ0v) is 6.25. The molecule has 0 aromatic carbocycles. The number of hydrogen-bond acceptors (Lipinski definition) is 4. The fourth-order valence-electron chi connectivity index (χ4n) is 0.686. The first kappa shape index (κ1) is 7.85. The summed E-state index contributed by atoms with van der Waals surface area (Å²) in [6.45, 7) is 1.60. The highest BCUT2D eigenvalue weighted by Crippen LogP contribution is 1.97. The van der Waals surface area contributed by atoms with Crippen LogP contribution in [0.2, 0.25) is 0 Å². The highest BCUT2D eigenvalue weighted by molar-refractivity contribution is 6.33. The summed E-state index contributed by atoms with van der Waals surface area (Å²) in [5.74, 6) is -0.234. The molecule has 1 aromatic heterocycles. The number of hydrogen-bond donors (Lipinski definition) is 0. The monoisotopic (exact) mass is 151 g/mol. The zero-order valence-electron chi connectivity index (χ0n) is 6.25. The summed E-state index contributed by atoms with van der Waals surface area (Å²) >= 11 is 0. The fraction of sp³-hybridized carbons (Fsp3) is 0.333. The van der Waals surface area contributed by atoms with E-state index in [1.165, 1.54) is 7.11 Å². The first-order chi connectivity index (χ1) is 5.15. The Kier molecular flexibility index (Phi) is 1.98. The molecule has 1 heterocycles. The number of methoxy groups -OCH3 is 1. The van der Waals surface area contributed by atoms with Crippen LogP contribution < -0.4 is 5.66 Å². The van der Waals surface area contributed by atoms with Gasteiger partial charge in [0.2, 0.25) is 0 Å². The molecule has 4 nitrogen and oxygen atoms in total. The lowest BCUT2D eigenvalue weighted by atomic mass is 10.0. The largest absolute Gasteiger partial charge is 0.464 e. The molecule has 0 saturated heterocycles. The molecule has 0 N–H and O–H groups in total. The van der Waals surface area contributed by atoms with Gasteiger partial charge in [-0.1, -0.05) is 0 Å². The third-order valence-corrected chi connectivity index (χ3v) is 1.14. The summed E-state index contributed by atoms with van der Waals surface area (Å²) < 4.78 is 9.19. The Balaban J connectivity index is 3.03. The van der Waals surface area contributed by atoms with E-state index in [1.54, 1.807) is 6.92 Å². The number of nitrogens with zero attached hydrogens (tertiary/aromatic N) is 1. The summed E-state index contributed by atoms with van der Waals surface area (Å²) in [6.07, 6.45) is 0. The smallest absolute Gasteiger partial charge is 0.359 e. The summed E-state index contributed by atoms with van der Waals surface area (Å²) in [5.41, 5.74) is 0.0272. The van der Waals surface area contributed by atoms with Gasteiger partial charge in [-0.05, 0) is 0 Å². The van der Waals surface area contributed by atoms with Gasteiger partial charge in [0.15, 0.2) is 19.4 Å². The number of rotatable bonds is 1. The van der Waals surface area contributed by atoms with E-state index >= 15 is 0 Å². The van der Waals surface area contributed by atoms with Crippen LogP contribution in [-0.2, 0) is 4.74 Å². The molecule has 56 valence electrons. The van der Waals surface area contributed by atoms with Crippen LogP contribution in [0.4, 0.5) is 0 Å². The maximum atomic E-state index is 10.8. The minimum Gasteiger partial charge on any atom is -0.464 e. The first-order valence-corrected chi connectivity index (χ1v) is 2.96. The van der Waals surface area contributed by atoms with Gasteiger partial charge in [0.25, 0.3) is 0 Å². The molecule has 11 heavy (non-hydrogen) atoms. The van der Waals surface area contributed by atoms with Crippen LogP contribution in [0.1, 0.15) is 16.4 Å². The molecule has 0 bridgehead atoms. The van der Waals surface area contributed by atoms with E-state index in [9.17, 15) is 4.79 Å². The molecule has 0 aliphatic carbocycles. The van der Waals surface area contributed by atoms with Crippen molar-refractivity contribution in [2.24, 2.45) is 0 Å². The highest BCUT2D eigenvalue weighted by Gasteiger charge is 2.14. The number of carbonyl (C=O) groups excluding carboxylic acids is 1. The Labute approximate surface area is 65.0 Å². The van der Waals surface area contributed by atoms with Crippen LogP contribution in [-0.4, -0.2) is 25.9 Å². The van der Waals surface area contributed by atoms with Gasteiger partial charge in [-0.25, -0.2) is 9.78 Å². The van der Waals surface area contributed by atoms with Crippen molar-refractivity contribution in [2.45, 2.75) is 6.92 Å². The molecule has 0 fully saturated rings. The molecular weight excluding hydrogens is 145 g/mol. The number of oxazole rings is 1. The number of esters is 1. The van der Waals surface area contributed by atoms with Gasteiger partial charge in [-0.3, -0.25) is 0 Å². The molecule has 2 radical (unpaired) electrons. The van der Waals surface area contributed by atoms with Crippen LogP contribution in [0, 0.1) is 6.92 Å². The van der Waals surface area contributed by atoms with E-state index in [4.69, 9.17) is 12.3 Å². The van der Waals surface area contributed by atoms with Gasteiger partial charge < -0.3 is 9.15 Å². The lowest BCUT2D eigenvalue weighted by Gasteiger charge is -1.92. The minimum absolute atomic E-state index is 0.00523.